The summed E-state index contributed by atoms with van der Waals surface area (Å²) in [6.07, 6.45) is 5.41. The van der Waals surface area contributed by atoms with Crippen molar-refractivity contribution >= 4 is 23.5 Å². The van der Waals surface area contributed by atoms with Crippen LogP contribution in [-0.4, -0.2) is 33.8 Å². The Morgan fingerprint density at radius 2 is 1.86 bits per heavy atom. The summed E-state index contributed by atoms with van der Waals surface area (Å²) in [5, 5.41) is 9.54. The lowest BCUT2D eigenvalue weighted by molar-refractivity contribution is -0.142. The zero-order valence-electron chi connectivity index (χ0n) is 20.7. The van der Waals surface area contributed by atoms with E-state index in [9.17, 15) is 14.4 Å². The Labute approximate surface area is 210 Å². The van der Waals surface area contributed by atoms with Crippen molar-refractivity contribution in [3.05, 3.63) is 71.4 Å². The Hall–Kier alpha value is -3.88. The summed E-state index contributed by atoms with van der Waals surface area (Å²) >= 11 is 0. The third-order valence-corrected chi connectivity index (χ3v) is 6.43. The number of rotatable bonds is 10. The van der Waals surface area contributed by atoms with E-state index in [0.717, 1.165) is 36.8 Å². The summed E-state index contributed by atoms with van der Waals surface area (Å²) in [7, 11) is 0. The maximum absolute atomic E-state index is 13.7. The molecule has 4 rings (SSSR count). The van der Waals surface area contributed by atoms with Crippen LogP contribution in [0, 0.1) is 13.8 Å². The minimum absolute atomic E-state index is 0.0653. The van der Waals surface area contributed by atoms with Crippen molar-refractivity contribution in [3.8, 4) is 0 Å². The fourth-order valence-corrected chi connectivity index (χ4v) is 4.58. The predicted molar refractivity (Wildman–Crippen MR) is 133 cm³/mol. The van der Waals surface area contributed by atoms with Crippen LogP contribution < -0.4 is 10.6 Å². The molecule has 1 fully saturated rings. The Balaban J connectivity index is 1.56. The normalized spacial score (nSPS) is 14.4. The molecule has 1 atom stereocenters. The molecule has 0 radical (unpaired) electrons. The number of nitrogens with zero attached hydrogens (tertiary/aromatic N) is 2. The summed E-state index contributed by atoms with van der Waals surface area (Å²) in [5.41, 5.74) is 1.65. The van der Waals surface area contributed by atoms with Crippen LogP contribution >= 0.6 is 0 Å². The van der Waals surface area contributed by atoms with Crippen LogP contribution in [0.15, 0.2) is 57.7 Å². The van der Waals surface area contributed by atoms with Gasteiger partial charge < -0.3 is 24.5 Å². The van der Waals surface area contributed by atoms with Gasteiger partial charge in [0.25, 0.3) is 0 Å². The van der Waals surface area contributed by atoms with Gasteiger partial charge in [-0.2, -0.15) is 0 Å². The number of hydrogen-bond acceptors (Lipinski definition) is 6. The maximum Gasteiger partial charge on any atom is 0.247 e. The summed E-state index contributed by atoms with van der Waals surface area (Å²) in [6.45, 7) is 3.75. The van der Waals surface area contributed by atoms with Crippen molar-refractivity contribution in [1.29, 1.82) is 0 Å². The molecule has 3 aromatic rings. The molecule has 2 heterocycles. The van der Waals surface area contributed by atoms with Crippen molar-refractivity contribution in [2.24, 2.45) is 0 Å². The van der Waals surface area contributed by atoms with Crippen LogP contribution in [0.2, 0.25) is 0 Å². The van der Waals surface area contributed by atoms with Crippen LogP contribution in [0.5, 0.6) is 0 Å². The first-order chi connectivity index (χ1) is 17.4. The van der Waals surface area contributed by atoms with E-state index in [4.69, 9.17) is 8.94 Å². The molecule has 1 aliphatic rings. The first-order valence-electron chi connectivity index (χ1n) is 12.3. The van der Waals surface area contributed by atoms with Crippen molar-refractivity contribution in [3.63, 3.8) is 0 Å². The van der Waals surface area contributed by atoms with Gasteiger partial charge in [-0.15, -0.1) is 0 Å². The Morgan fingerprint density at radius 1 is 1.08 bits per heavy atom. The van der Waals surface area contributed by atoms with Crippen LogP contribution in [0.4, 0.5) is 5.82 Å². The number of hydrogen-bond donors (Lipinski definition) is 2. The van der Waals surface area contributed by atoms with Gasteiger partial charge in [0.15, 0.2) is 5.82 Å². The average Bonchev–Trinajstić information content (AvgIpc) is 3.63. The van der Waals surface area contributed by atoms with Gasteiger partial charge in [0.2, 0.25) is 17.7 Å². The number of furan rings is 1. The Morgan fingerprint density at radius 3 is 2.53 bits per heavy atom. The Kier molecular flexibility index (Phi) is 8.20. The molecule has 9 heteroatoms. The molecule has 2 aromatic heterocycles. The molecule has 1 aromatic carbocycles. The second-order valence-corrected chi connectivity index (χ2v) is 9.22. The molecule has 190 valence electrons. The smallest absolute Gasteiger partial charge is 0.247 e. The van der Waals surface area contributed by atoms with Gasteiger partial charge in [-0.1, -0.05) is 42.3 Å². The molecule has 2 N–H and O–H groups in total. The van der Waals surface area contributed by atoms with Gasteiger partial charge in [0.05, 0.1) is 12.8 Å². The lowest BCUT2D eigenvalue weighted by Gasteiger charge is -2.32. The largest absolute Gasteiger partial charge is 0.467 e. The lowest BCUT2D eigenvalue weighted by Crippen LogP contribution is -2.46. The second kappa shape index (κ2) is 11.7. The fourth-order valence-electron chi connectivity index (χ4n) is 4.58. The highest BCUT2D eigenvalue weighted by Gasteiger charge is 2.34. The monoisotopic (exact) mass is 492 g/mol. The van der Waals surface area contributed by atoms with Crippen LogP contribution in [0.1, 0.15) is 67.2 Å². The quantitative estimate of drug-likeness (QED) is 0.432. The number of carbonyl (C=O) groups is 3. The first kappa shape index (κ1) is 25.2. The zero-order valence-corrected chi connectivity index (χ0v) is 20.7. The molecule has 0 saturated heterocycles. The number of anilines is 1. The molecule has 0 aliphatic heterocycles. The van der Waals surface area contributed by atoms with Crippen molar-refractivity contribution in [2.75, 3.05) is 5.32 Å². The number of benzene rings is 1. The topological polar surface area (TPSA) is 118 Å². The fraction of sp³-hybridized carbons (Fsp3) is 0.407. The van der Waals surface area contributed by atoms with Crippen LogP contribution in [0.25, 0.3) is 0 Å². The first-order valence-corrected chi connectivity index (χ1v) is 12.3. The van der Waals surface area contributed by atoms with Gasteiger partial charge in [-0.05, 0) is 49.9 Å². The van der Waals surface area contributed by atoms with Crippen molar-refractivity contribution in [1.82, 2.24) is 15.4 Å². The molecule has 0 unspecified atom stereocenters. The molecule has 36 heavy (non-hydrogen) atoms. The van der Waals surface area contributed by atoms with E-state index in [1.165, 1.54) is 11.2 Å². The molecular formula is C27H32N4O5. The summed E-state index contributed by atoms with van der Waals surface area (Å²) in [6, 6.07) is 11.9. The third kappa shape index (κ3) is 6.41. The third-order valence-electron chi connectivity index (χ3n) is 6.43. The standard InChI is InChI=1S/C27H32N4O5/c1-18-8-3-6-12-22(18)26(27(34)28-20-9-4-5-10-20)31(17-21-11-7-15-35-21)25(33)14-13-24(32)29-23-16-19(2)36-30-23/h3,6-8,11-12,15-16,20,26H,4-5,9-10,13-14,17H2,1-2H3,(H,28,34)(H,29,30,32)/t26-/m0/s1. The molecule has 0 bridgehead atoms. The number of aromatic nitrogens is 1. The van der Waals surface area contributed by atoms with Crippen LogP contribution in [0.3, 0.4) is 0 Å². The number of nitrogens with one attached hydrogen (secondary N) is 2. The number of amides is 3. The van der Waals surface area contributed by atoms with Crippen molar-refractivity contribution < 1.29 is 23.3 Å². The van der Waals surface area contributed by atoms with E-state index in [0.29, 0.717) is 17.3 Å². The van der Waals surface area contributed by atoms with Crippen molar-refractivity contribution in [2.45, 2.75) is 71.0 Å². The molecule has 1 saturated carbocycles. The summed E-state index contributed by atoms with van der Waals surface area (Å²) < 4.78 is 10.5. The maximum atomic E-state index is 13.7. The average molecular weight is 493 g/mol. The molecular weight excluding hydrogens is 460 g/mol. The highest BCUT2D eigenvalue weighted by atomic mass is 16.5. The Bertz CT molecular complexity index is 1180. The van der Waals surface area contributed by atoms with E-state index >= 15 is 0 Å². The number of carbonyl (C=O) groups excluding carboxylic acids is 3. The minimum atomic E-state index is -0.856. The zero-order chi connectivity index (χ0) is 25.5. The SMILES string of the molecule is Cc1cc(NC(=O)CCC(=O)N(Cc2ccco2)[C@H](C(=O)NC2CCCC2)c2ccccc2C)no1. The van der Waals surface area contributed by atoms with E-state index in [1.54, 1.807) is 25.1 Å². The van der Waals surface area contributed by atoms with Gasteiger partial charge >= 0.3 is 0 Å². The predicted octanol–water partition coefficient (Wildman–Crippen LogP) is 4.43. The molecule has 1 aliphatic carbocycles. The van der Waals surface area contributed by atoms with E-state index in [1.807, 2.05) is 31.2 Å². The summed E-state index contributed by atoms with van der Waals surface area (Å²) in [4.78, 5) is 41.2. The molecule has 0 spiro atoms. The van der Waals surface area contributed by atoms with Crippen LogP contribution in [-0.2, 0) is 20.9 Å². The minimum Gasteiger partial charge on any atom is -0.467 e. The van der Waals surface area contributed by atoms with Gasteiger partial charge in [-0.3, -0.25) is 14.4 Å². The molecule has 3 amide bonds. The van der Waals surface area contributed by atoms with E-state index < -0.39 is 6.04 Å². The van der Waals surface area contributed by atoms with Gasteiger partial charge in [0, 0.05) is 24.9 Å². The lowest BCUT2D eigenvalue weighted by atomic mass is 9.97. The summed E-state index contributed by atoms with van der Waals surface area (Å²) in [5.74, 6) is 0.508. The van der Waals surface area contributed by atoms with Gasteiger partial charge in [0.1, 0.15) is 17.6 Å². The van der Waals surface area contributed by atoms with E-state index in [-0.39, 0.29) is 43.1 Å². The van der Waals surface area contributed by atoms with E-state index in [2.05, 4.69) is 15.8 Å². The highest BCUT2D eigenvalue weighted by molar-refractivity contribution is 5.94. The number of aryl methyl sites for hydroxylation is 2. The highest BCUT2D eigenvalue weighted by Crippen LogP contribution is 2.29. The van der Waals surface area contributed by atoms with Gasteiger partial charge in [-0.25, -0.2) is 0 Å². The second-order valence-electron chi connectivity index (χ2n) is 9.22. The molecule has 9 nitrogen and oxygen atoms in total.